The second-order valence-electron chi connectivity index (χ2n) is 3.03. The second kappa shape index (κ2) is 7.19. The number of esters is 1. The second-order valence-corrected chi connectivity index (χ2v) is 3.03. The van der Waals surface area contributed by atoms with Crippen molar-refractivity contribution in [1.29, 1.82) is 0 Å². The van der Waals surface area contributed by atoms with Gasteiger partial charge in [-0.05, 0) is 13.3 Å². The molecule has 0 rings (SSSR count). The van der Waals surface area contributed by atoms with Crippen LogP contribution >= 0.6 is 0 Å². The molecule has 0 aliphatic rings. The van der Waals surface area contributed by atoms with Gasteiger partial charge in [0.15, 0.2) is 6.04 Å². The molecule has 4 N–H and O–H groups in total. The summed E-state index contributed by atoms with van der Waals surface area (Å²) in [5, 5.41) is 11.3. The number of amides is 1. The molecule has 0 saturated heterocycles. The minimum absolute atomic E-state index is 0.178. The van der Waals surface area contributed by atoms with E-state index in [0.29, 0.717) is 6.42 Å². The van der Waals surface area contributed by atoms with Gasteiger partial charge >= 0.3 is 5.97 Å². The van der Waals surface area contributed by atoms with Gasteiger partial charge in [0.2, 0.25) is 5.91 Å². The summed E-state index contributed by atoms with van der Waals surface area (Å²) in [5.41, 5.74) is 5.34. The van der Waals surface area contributed by atoms with Crippen LogP contribution in [0.3, 0.4) is 0 Å². The first-order valence-electron chi connectivity index (χ1n) is 4.90. The van der Waals surface area contributed by atoms with E-state index in [4.69, 9.17) is 10.8 Å². The highest BCUT2D eigenvalue weighted by Crippen LogP contribution is 1.92. The molecule has 0 radical (unpaired) electrons. The molecular formula is C9H18N2O4. The van der Waals surface area contributed by atoms with E-state index in [9.17, 15) is 9.59 Å². The van der Waals surface area contributed by atoms with E-state index < -0.39 is 17.9 Å². The highest BCUT2D eigenvalue weighted by atomic mass is 16.5. The smallest absolute Gasteiger partial charge is 0.332 e. The van der Waals surface area contributed by atoms with Crippen molar-refractivity contribution in [2.24, 2.45) is 5.73 Å². The zero-order chi connectivity index (χ0) is 11.8. The van der Waals surface area contributed by atoms with Crippen LogP contribution in [0.15, 0.2) is 0 Å². The fraction of sp³-hybridized carbons (Fsp3) is 0.778. The maximum atomic E-state index is 11.3. The van der Waals surface area contributed by atoms with Gasteiger partial charge in [-0.1, -0.05) is 6.92 Å². The molecule has 0 aliphatic carbocycles. The fourth-order valence-corrected chi connectivity index (χ4v) is 0.907. The topological polar surface area (TPSA) is 102 Å². The molecule has 0 aromatic heterocycles. The molecule has 2 atom stereocenters. The van der Waals surface area contributed by atoms with Crippen molar-refractivity contribution < 1.29 is 19.4 Å². The van der Waals surface area contributed by atoms with Gasteiger partial charge in [0, 0.05) is 0 Å². The summed E-state index contributed by atoms with van der Waals surface area (Å²) >= 11 is 0. The number of ether oxygens (including phenoxy) is 1. The van der Waals surface area contributed by atoms with E-state index in [1.54, 1.807) is 13.8 Å². The number of hydrogen-bond acceptors (Lipinski definition) is 5. The van der Waals surface area contributed by atoms with Crippen LogP contribution in [0.1, 0.15) is 20.3 Å². The van der Waals surface area contributed by atoms with Gasteiger partial charge in [0.05, 0.1) is 19.3 Å². The number of carbonyl (C=O) groups excluding carboxylic acids is 2. The van der Waals surface area contributed by atoms with Crippen molar-refractivity contribution in [2.75, 3.05) is 13.2 Å². The van der Waals surface area contributed by atoms with Gasteiger partial charge in [-0.3, -0.25) is 4.79 Å². The summed E-state index contributed by atoms with van der Waals surface area (Å²) in [6.45, 7) is 3.43. The van der Waals surface area contributed by atoms with E-state index in [2.05, 4.69) is 10.1 Å². The lowest BCUT2D eigenvalue weighted by Gasteiger charge is -2.16. The first-order chi connectivity index (χ1) is 7.06. The zero-order valence-corrected chi connectivity index (χ0v) is 9.03. The van der Waals surface area contributed by atoms with Crippen LogP contribution in [-0.4, -0.2) is 42.3 Å². The van der Waals surface area contributed by atoms with Crippen molar-refractivity contribution in [2.45, 2.75) is 32.4 Å². The molecule has 1 unspecified atom stereocenters. The van der Waals surface area contributed by atoms with Crippen molar-refractivity contribution in [3.8, 4) is 0 Å². The Kier molecular flexibility index (Phi) is 6.64. The molecule has 0 fully saturated rings. The summed E-state index contributed by atoms with van der Waals surface area (Å²) < 4.78 is 4.59. The molecule has 6 nitrogen and oxygen atoms in total. The van der Waals surface area contributed by atoms with Gasteiger partial charge in [0.1, 0.15) is 0 Å². The monoisotopic (exact) mass is 218 g/mol. The maximum absolute atomic E-state index is 11.3. The summed E-state index contributed by atoms with van der Waals surface area (Å²) in [5.74, 6) is -1.39. The summed E-state index contributed by atoms with van der Waals surface area (Å²) in [6, 6.07) is -1.71. The number of nitrogens with two attached hydrogens (primary N) is 1. The molecule has 0 heterocycles. The third-order valence-electron chi connectivity index (χ3n) is 1.88. The maximum Gasteiger partial charge on any atom is 0.332 e. The number of nitrogens with one attached hydrogen (secondary N) is 1. The number of carbonyl (C=O) groups is 2. The molecule has 6 heteroatoms. The number of hydrogen-bond donors (Lipinski definition) is 3. The van der Waals surface area contributed by atoms with Crippen molar-refractivity contribution in [3.63, 3.8) is 0 Å². The van der Waals surface area contributed by atoms with Gasteiger partial charge < -0.3 is 20.9 Å². The van der Waals surface area contributed by atoms with Gasteiger partial charge in [-0.25, -0.2) is 4.79 Å². The summed E-state index contributed by atoms with van der Waals surface area (Å²) in [6.07, 6.45) is 0.567. The van der Waals surface area contributed by atoms with E-state index >= 15 is 0 Å². The van der Waals surface area contributed by atoms with Crippen LogP contribution in [0.4, 0.5) is 0 Å². The average molecular weight is 218 g/mol. The predicted octanol–water partition coefficient (Wildman–Crippen LogP) is -1.24. The molecule has 88 valence electrons. The lowest BCUT2D eigenvalue weighted by Crippen LogP contribution is -2.50. The minimum Gasteiger partial charge on any atom is -0.464 e. The fourth-order valence-electron chi connectivity index (χ4n) is 0.907. The Morgan fingerprint density at radius 1 is 1.47 bits per heavy atom. The van der Waals surface area contributed by atoms with Crippen LogP contribution in [0, 0.1) is 0 Å². The lowest BCUT2D eigenvalue weighted by molar-refractivity contribution is -0.148. The van der Waals surface area contributed by atoms with Crippen LogP contribution in [-0.2, 0) is 14.3 Å². The number of aliphatic hydroxyl groups excluding tert-OH is 1. The van der Waals surface area contributed by atoms with Crippen LogP contribution in [0.25, 0.3) is 0 Å². The molecule has 0 aromatic rings. The molecule has 0 aliphatic heterocycles. The van der Waals surface area contributed by atoms with Gasteiger partial charge in [0.25, 0.3) is 0 Å². The highest BCUT2D eigenvalue weighted by molar-refractivity contribution is 6.01. The standard InChI is InChI=1S/C9H18N2O4/c1-3-6(5-12)11-8(13)7(10)9(14)15-4-2/h6-7,12H,3-5,10H2,1-2H3,(H,11,13)/t6-,7?/m1/s1. The first kappa shape index (κ1) is 13.9. The van der Waals surface area contributed by atoms with Crippen molar-refractivity contribution >= 4 is 11.9 Å². The lowest BCUT2D eigenvalue weighted by atomic mass is 10.2. The van der Waals surface area contributed by atoms with Crippen molar-refractivity contribution in [3.05, 3.63) is 0 Å². The Balaban J connectivity index is 4.14. The molecule has 0 aromatic carbocycles. The van der Waals surface area contributed by atoms with Crippen LogP contribution in [0.5, 0.6) is 0 Å². The predicted molar refractivity (Wildman–Crippen MR) is 53.9 cm³/mol. The minimum atomic E-state index is -1.33. The molecule has 15 heavy (non-hydrogen) atoms. The van der Waals surface area contributed by atoms with E-state index in [1.807, 2.05) is 0 Å². The number of rotatable bonds is 6. The third-order valence-corrected chi connectivity index (χ3v) is 1.88. The van der Waals surface area contributed by atoms with Crippen LogP contribution < -0.4 is 11.1 Å². The number of aliphatic hydroxyl groups is 1. The summed E-state index contributed by atoms with van der Waals surface area (Å²) in [4.78, 5) is 22.4. The molecule has 0 bridgehead atoms. The van der Waals surface area contributed by atoms with E-state index in [0.717, 1.165) is 0 Å². The molecule has 0 saturated carbocycles. The Morgan fingerprint density at radius 3 is 2.47 bits per heavy atom. The Morgan fingerprint density at radius 2 is 2.07 bits per heavy atom. The highest BCUT2D eigenvalue weighted by Gasteiger charge is 2.24. The zero-order valence-electron chi connectivity index (χ0n) is 9.03. The average Bonchev–Trinajstić information content (AvgIpc) is 2.24. The Bertz CT molecular complexity index is 216. The first-order valence-corrected chi connectivity index (χ1v) is 4.90. The van der Waals surface area contributed by atoms with Gasteiger partial charge in [-0.15, -0.1) is 0 Å². The Labute approximate surface area is 88.8 Å². The largest absolute Gasteiger partial charge is 0.464 e. The van der Waals surface area contributed by atoms with Crippen molar-refractivity contribution in [1.82, 2.24) is 5.32 Å². The SMILES string of the molecule is CCOC(=O)C(N)C(=O)N[C@H](CC)CO. The normalized spacial score (nSPS) is 14.1. The Hall–Kier alpha value is -1.14. The summed E-state index contributed by atoms with van der Waals surface area (Å²) in [7, 11) is 0. The van der Waals surface area contributed by atoms with Crippen LogP contribution in [0.2, 0.25) is 0 Å². The molecular weight excluding hydrogens is 200 g/mol. The van der Waals surface area contributed by atoms with Gasteiger partial charge in [-0.2, -0.15) is 0 Å². The molecule has 1 amide bonds. The third kappa shape index (κ3) is 4.75. The molecule has 0 spiro atoms. The quantitative estimate of drug-likeness (QED) is 0.382. The van der Waals surface area contributed by atoms with E-state index in [-0.39, 0.29) is 19.3 Å². The van der Waals surface area contributed by atoms with E-state index in [1.165, 1.54) is 0 Å².